The molecule has 0 saturated heterocycles. The van der Waals surface area contributed by atoms with Crippen LogP contribution in [0.1, 0.15) is 36.2 Å². The maximum atomic E-state index is 11.5. The molecule has 1 aromatic rings. The molecule has 8 nitrogen and oxygen atoms in total. The van der Waals surface area contributed by atoms with E-state index in [2.05, 4.69) is 20.6 Å². The summed E-state index contributed by atoms with van der Waals surface area (Å²) in [5.74, 6) is -0.0737. The lowest BCUT2D eigenvalue weighted by atomic mass is 9.87. The number of aromatic nitrogens is 2. The topological polar surface area (TPSA) is 121 Å². The van der Waals surface area contributed by atoms with Crippen molar-refractivity contribution < 1.29 is 17.8 Å². The summed E-state index contributed by atoms with van der Waals surface area (Å²) < 4.78 is 30.6. The van der Waals surface area contributed by atoms with E-state index in [1.807, 2.05) is 0 Å². The summed E-state index contributed by atoms with van der Waals surface area (Å²) >= 11 is 0. The van der Waals surface area contributed by atoms with Gasteiger partial charge in [-0.2, -0.15) is 8.42 Å². The molecule has 9 heteroatoms. The van der Waals surface area contributed by atoms with Gasteiger partial charge in [0.2, 0.25) is 5.95 Å². The van der Waals surface area contributed by atoms with Crippen molar-refractivity contribution in [3.63, 3.8) is 0 Å². The molecule has 3 N–H and O–H groups in total. The van der Waals surface area contributed by atoms with Crippen LogP contribution in [0, 0.1) is 5.92 Å². The summed E-state index contributed by atoms with van der Waals surface area (Å²) in [6, 6.07) is 1.67. The molecule has 0 radical (unpaired) electrons. The molecule has 0 unspecified atom stereocenters. The van der Waals surface area contributed by atoms with E-state index < -0.39 is 10.1 Å². The van der Waals surface area contributed by atoms with E-state index in [-0.39, 0.29) is 23.6 Å². The van der Waals surface area contributed by atoms with Crippen molar-refractivity contribution in [3.8, 4) is 0 Å². The van der Waals surface area contributed by atoms with Gasteiger partial charge in [-0.1, -0.05) is 0 Å². The zero-order valence-electron chi connectivity index (χ0n) is 12.3. The first-order chi connectivity index (χ1) is 10.4. The van der Waals surface area contributed by atoms with E-state index in [0.29, 0.717) is 24.5 Å². The zero-order chi connectivity index (χ0) is 16.2. The molecular formula is C13H20N4O4S. The second-order valence-corrected chi connectivity index (χ2v) is 6.95. The minimum atomic E-state index is -3.91. The number of hydrogen-bond acceptors (Lipinski definition) is 6. The Balaban J connectivity index is 1.90. The summed E-state index contributed by atoms with van der Waals surface area (Å²) in [5, 5.41) is 5.67. The summed E-state index contributed by atoms with van der Waals surface area (Å²) in [7, 11) is -2.37. The third kappa shape index (κ3) is 4.92. The molecule has 1 saturated carbocycles. The van der Waals surface area contributed by atoms with Gasteiger partial charge in [-0.3, -0.25) is 9.35 Å². The Labute approximate surface area is 129 Å². The molecule has 1 aliphatic rings. The molecule has 1 amide bonds. The van der Waals surface area contributed by atoms with Crippen molar-refractivity contribution in [1.29, 1.82) is 0 Å². The Morgan fingerprint density at radius 2 is 2.05 bits per heavy atom. The number of carbonyl (C=O) groups is 1. The van der Waals surface area contributed by atoms with E-state index >= 15 is 0 Å². The quantitative estimate of drug-likeness (QED) is 0.680. The molecule has 0 atom stereocenters. The number of carbonyl (C=O) groups excluding carboxylic acids is 1. The summed E-state index contributed by atoms with van der Waals surface area (Å²) in [6.07, 6.45) is 4.49. The van der Waals surface area contributed by atoms with Gasteiger partial charge in [0, 0.05) is 19.3 Å². The molecule has 22 heavy (non-hydrogen) atoms. The Morgan fingerprint density at radius 1 is 1.36 bits per heavy atom. The van der Waals surface area contributed by atoms with E-state index in [4.69, 9.17) is 4.55 Å². The highest BCUT2D eigenvalue weighted by Gasteiger charge is 2.25. The second-order valence-electron chi connectivity index (χ2n) is 5.46. The lowest BCUT2D eigenvalue weighted by Crippen LogP contribution is -2.30. The molecule has 1 aromatic heterocycles. The van der Waals surface area contributed by atoms with Gasteiger partial charge in [-0.05, 0) is 37.7 Å². The average Bonchev–Trinajstić information content (AvgIpc) is 2.47. The van der Waals surface area contributed by atoms with Crippen LogP contribution in [0.2, 0.25) is 0 Å². The molecule has 0 spiro atoms. The second kappa shape index (κ2) is 7.01. The van der Waals surface area contributed by atoms with Crippen molar-refractivity contribution in [1.82, 2.24) is 15.3 Å². The maximum Gasteiger partial charge on any atom is 0.269 e. The van der Waals surface area contributed by atoms with Crippen LogP contribution in [0.4, 0.5) is 5.95 Å². The summed E-state index contributed by atoms with van der Waals surface area (Å²) in [5.41, 5.74) is 0.292. The molecular weight excluding hydrogens is 308 g/mol. The third-order valence-corrected chi connectivity index (χ3v) is 4.63. The monoisotopic (exact) mass is 328 g/mol. The van der Waals surface area contributed by atoms with Gasteiger partial charge in [-0.25, -0.2) is 9.97 Å². The van der Waals surface area contributed by atoms with Gasteiger partial charge in [0.25, 0.3) is 16.0 Å². The van der Waals surface area contributed by atoms with Crippen LogP contribution in [-0.2, 0) is 10.1 Å². The minimum absolute atomic E-state index is 0.00817. The fourth-order valence-corrected chi connectivity index (χ4v) is 3.57. The van der Waals surface area contributed by atoms with Crippen molar-refractivity contribution in [2.24, 2.45) is 5.92 Å². The lowest BCUT2D eigenvalue weighted by molar-refractivity contribution is 0.0958. The summed E-state index contributed by atoms with van der Waals surface area (Å²) in [4.78, 5) is 19.8. The van der Waals surface area contributed by atoms with Crippen LogP contribution in [0.25, 0.3) is 0 Å². The number of nitrogens with one attached hydrogen (secondary N) is 2. The van der Waals surface area contributed by atoms with Crippen LogP contribution < -0.4 is 10.6 Å². The number of anilines is 1. The molecule has 0 bridgehead atoms. The SMILES string of the molecule is CNC(=O)c1ccnc(NC2CCC(CS(=O)(=O)O)CC2)n1. The Morgan fingerprint density at radius 3 is 2.64 bits per heavy atom. The third-order valence-electron chi connectivity index (χ3n) is 3.74. The standard InChI is InChI=1S/C13H20N4O4S/c1-14-12(18)11-6-7-15-13(17-11)16-10-4-2-9(3-5-10)8-22(19,20)21/h6-7,9-10H,2-5,8H2,1H3,(H,14,18)(H,15,16,17)(H,19,20,21). The zero-order valence-corrected chi connectivity index (χ0v) is 13.1. The Kier molecular flexibility index (Phi) is 5.30. The molecule has 0 aromatic carbocycles. The van der Waals surface area contributed by atoms with E-state index in [9.17, 15) is 13.2 Å². The Hall–Kier alpha value is -1.74. The van der Waals surface area contributed by atoms with Gasteiger partial charge in [-0.15, -0.1) is 0 Å². The van der Waals surface area contributed by atoms with Crippen molar-refractivity contribution in [2.75, 3.05) is 18.1 Å². The van der Waals surface area contributed by atoms with Crippen molar-refractivity contribution in [3.05, 3.63) is 18.0 Å². The first-order valence-electron chi connectivity index (χ1n) is 7.14. The van der Waals surface area contributed by atoms with Crippen LogP contribution in [0.3, 0.4) is 0 Å². The fraction of sp³-hybridized carbons (Fsp3) is 0.615. The minimum Gasteiger partial charge on any atom is -0.354 e. The van der Waals surface area contributed by atoms with Gasteiger partial charge >= 0.3 is 0 Å². The predicted molar refractivity (Wildman–Crippen MR) is 81.2 cm³/mol. The van der Waals surface area contributed by atoms with Crippen molar-refractivity contribution >= 4 is 22.0 Å². The highest BCUT2D eigenvalue weighted by atomic mass is 32.2. The molecule has 1 heterocycles. The number of hydrogen-bond donors (Lipinski definition) is 3. The predicted octanol–water partition coefficient (Wildman–Crippen LogP) is 0.695. The van der Waals surface area contributed by atoms with Gasteiger partial charge < -0.3 is 10.6 Å². The molecule has 2 rings (SSSR count). The molecule has 1 fully saturated rings. The van der Waals surface area contributed by atoms with E-state index in [0.717, 1.165) is 12.8 Å². The fourth-order valence-electron chi connectivity index (χ4n) is 2.64. The molecule has 1 aliphatic carbocycles. The largest absolute Gasteiger partial charge is 0.354 e. The number of amides is 1. The normalized spacial score (nSPS) is 22.1. The van der Waals surface area contributed by atoms with E-state index in [1.54, 1.807) is 0 Å². The van der Waals surface area contributed by atoms with Crippen LogP contribution >= 0.6 is 0 Å². The number of nitrogens with zero attached hydrogens (tertiary/aromatic N) is 2. The first kappa shape index (κ1) is 16.6. The highest BCUT2D eigenvalue weighted by molar-refractivity contribution is 7.85. The van der Waals surface area contributed by atoms with Gasteiger partial charge in [0.15, 0.2) is 0 Å². The summed E-state index contributed by atoms with van der Waals surface area (Å²) in [6.45, 7) is 0. The highest BCUT2D eigenvalue weighted by Crippen LogP contribution is 2.26. The Bertz CT molecular complexity index is 627. The average molecular weight is 328 g/mol. The first-order valence-corrected chi connectivity index (χ1v) is 8.75. The van der Waals surface area contributed by atoms with Gasteiger partial charge in [0.1, 0.15) is 5.69 Å². The smallest absolute Gasteiger partial charge is 0.269 e. The molecule has 122 valence electrons. The van der Waals surface area contributed by atoms with Gasteiger partial charge in [0.05, 0.1) is 5.75 Å². The molecule has 0 aliphatic heterocycles. The van der Waals surface area contributed by atoms with Crippen LogP contribution in [-0.4, -0.2) is 47.7 Å². The van der Waals surface area contributed by atoms with Crippen molar-refractivity contribution in [2.45, 2.75) is 31.7 Å². The van der Waals surface area contributed by atoms with Crippen LogP contribution in [0.5, 0.6) is 0 Å². The number of rotatable bonds is 5. The van der Waals surface area contributed by atoms with Crippen LogP contribution in [0.15, 0.2) is 12.3 Å². The van der Waals surface area contributed by atoms with E-state index in [1.165, 1.54) is 19.3 Å². The lowest BCUT2D eigenvalue weighted by Gasteiger charge is -2.28. The maximum absolute atomic E-state index is 11.5.